The maximum atomic E-state index is 12.9. The van der Waals surface area contributed by atoms with Crippen molar-refractivity contribution in [3.63, 3.8) is 0 Å². The van der Waals surface area contributed by atoms with Crippen LogP contribution in [0.3, 0.4) is 0 Å². The van der Waals surface area contributed by atoms with Gasteiger partial charge >= 0.3 is 0 Å². The van der Waals surface area contributed by atoms with Gasteiger partial charge in [0.05, 0.1) is 0 Å². The minimum Gasteiger partial charge on any atom is -0.370 e. The zero-order valence-electron chi connectivity index (χ0n) is 12.8. The summed E-state index contributed by atoms with van der Waals surface area (Å²) >= 11 is 5.87. The molecule has 4 nitrogen and oxygen atoms in total. The van der Waals surface area contributed by atoms with E-state index >= 15 is 0 Å². The summed E-state index contributed by atoms with van der Waals surface area (Å²) in [6.07, 6.45) is 2.53. The van der Waals surface area contributed by atoms with Crippen LogP contribution in [-0.2, 0) is 6.42 Å². The summed E-state index contributed by atoms with van der Waals surface area (Å²) in [4.78, 5) is 8.55. The van der Waals surface area contributed by atoms with Crippen LogP contribution in [0.15, 0.2) is 60.8 Å². The number of nitrogens with one attached hydrogen (secondary N) is 2. The summed E-state index contributed by atoms with van der Waals surface area (Å²) < 4.78 is 12.9. The van der Waals surface area contributed by atoms with Crippen molar-refractivity contribution in [1.82, 2.24) is 9.97 Å². The molecule has 0 aliphatic heterocycles. The van der Waals surface area contributed by atoms with E-state index in [-0.39, 0.29) is 5.82 Å². The van der Waals surface area contributed by atoms with Crippen molar-refractivity contribution in [1.29, 1.82) is 0 Å². The van der Waals surface area contributed by atoms with Crippen LogP contribution in [0, 0.1) is 5.82 Å². The highest BCUT2D eigenvalue weighted by atomic mass is 35.5. The highest BCUT2D eigenvalue weighted by Crippen LogP contribution is 2.15. The quantitative estimate of drug-likeness (QED) is 0.683. The fraction of sp³-hybridized carbons (Fsp3) is 0.111. The van der Waals surface area contributed by atoms with Crippen molar-refractivity contribution >= 4 is 29.1 Å². The molecule has 3 rings (SSSR count). The van der Waals surface area contributed by atoms with Gasteiger partial charge in [-0.15, -0.1) is 0 Å². The Balaban J connectivity index is 1.56. The largest absolute Gasteiger partial charge is 0.370 e. The van der Waals surface area contributed by atoms with Gasteiger partial charge in [0.25, 0.3) is 0 Å². The molecule has 0 aliphatic rings. The highest BCUT2D eigenvalue weighted by molar-refractivity contribution is 6.30. The Bertz CT molecular complexity index is 791. The van der Waals surface area contributed by atoms with Crippen molar-refractivity contribution < 1.29 is 4.39 Å². The zero-order chi connectivity index (χ0) is 16.8. The van der Waals surface area contributed by atoms with Gasteiger partial charge in [-0.05, 0) is 54.4 Å². The smallest absolute Gasteiger partial charge is 0.229 e. The molecule has 0 unspecified atom stereocenters. The van der Waals surface area contributed by atoms with Crippen LogP contribution in [0.5, 0.6) is 0 Å². The lowest BCUT2D eigenvalue weighted by molar-refractivity contribution is 0.628. The number of benzene rings is 2. The first-order valence-corrected chi connectivity index (χ1v) is 7.91. The molecule has 1 aromatic heterocycles. The molecule has 0 atom stereocenters. The summed E-state index contributed by atoms with van der Waals surface area (Å²) in [5.74, 6) is 0.903. The summed E-state index contributed by atoms with van der Waals surface area (Å²) in [7, 11) is 0. The van der Waals surface area contributed by atoms with E-state index in [1.807, 2.05) is 24.3 Å². The topological polar surface area (TPSA) is 49.8 Å². The van der Waals surface area contributed by atoms with Crippen LogP contribution in [0.1, 0.15) is 5.56 Å². The molecular weight excluding hydrogens is 327 g/mol. The monoisotopic (exact) mass is 342 g/mol. The molecule has 0 saturated carbocycles. The van der Waals surface area contributed by atoms with E-state index < -0.39 is 0 Å². The van der Waals surface area contributed by atoms with Crippen LogP contribution in [0.25, 0.3) is 0 Å². The minimum absolute atomic E-state index is 0.279. The molecule has 122 valence electrons. The molecule has 6 heteroatoms. The second kappa shape index (κ2) is 7.75. The van der Waals surface area contributed by atoms with Gasteiger partial charge in [-0.1, -0.05) is 23.7 Å². The van der Waals surface area contributed by atoms with Gasteiger partial charge in [0.15, 0.2) is 0 Å². The van der Waals surface area contributed by atoms with Crippen molar-refractivity contribution in [3.8, 4) is 0 Å². The van der Waals surface area contributed by atoms with Crippen LogP contribution in [0.2, 0.25) is 5.02 Å². The van der Waals surface area contributed by atoms with Crippen LogP contribution in [0.4, 0.5) is 21.8 Å². The molecule has 0 amide bonds. The molecule has 0 fully saturated rings. The Morgan fingerprint density at radius 3 is 2.46 bits per heavy atom. The van der Waals surface area contributed by atoms with Gasteiger partial charge in [0.1, 0.15) is 11.6 Å². The number of aromatic nitrogens is 2. The van der Waals surface area contributed by atoms with E-state index in [2.05, 4.69) is 20.6 Å². The molecule has 2 aromatic carbocycles. The Morgan fingerprint density at radius 1 is 0.958 bits per heavy atom. The molecule has 0 saturated heterocycles. The number of rotatable bonds is 6. The lowest BCUT2D eigenvalue weighted by atomic mass is 10.1. The molecule has 0 bridgehead atoms. The second-order valence-electron chi connectivity index (χ2n) is 5.20. The van der Waals surface area contributed by atoms with Gasteiger partial charge in [-0.2, -0.15) is 4.98 Å². The fourth-order valence-corrected chi connectivity index (χ4v) is 2.29. The first-order valence-electron chi connectivity index (χ1n) is 7.53. The summed E-state index contributed by atoms with van der Waals surface area (Å²) in [6.45, 7) is 0.745. The van der Waals surface area contributed by atoms with Crippen molar-refractivity contribution in [2.45, 2.75) is 6.42 Å². The molecule has 0 aliphatic carbocycles. The molecule has 3 aromatic rings. The van der Waals surface area contributed by atoms with E-state index in [9.17, 15) is 4.39 Å². The van der Waals surface area contributed by atoms with E-state index in [0.29, 0.717) is 5.95 Å². The third kappa shape index (κ3) is 4.67. The Hall–Kier alpha value is -2.66. The Labute approximate surface area is 144 Å². The lowest BCUT2D eigenvalue weighted by Gasteiger charge is -2.08. The van der Waals surface area contributed by atoms with Crippen LogP contribution < -0.4 is 10.6 Å². The normalized spacial score (nSPS) is 10.4. The average molecular weight is 343 g/mol. The third-order valence-corrected chi connectivity index (χ3v) is 3.64. The Morgan fingerprint density at radius 2 is 1.71 bits per heavy atom. The van der Waals surface area contributed by atoms with Crippen LogP contribution in [-0.4, -0.2) is 16.5 Å². The van der Waals surface area contributed by atoms with Crippen molar-refractivity contribution in [2.75, 3.05) is 17.2 Å². The van der Waals surface area contributed by atoms with E-state index in [0.717, 1.165) is 29.5 Å². The summed E-state index contributed by atoms with van der Waals surface area (Å²) in [6, 6.07) is 15.6. The van der Waals surface area contributed by atoms with Gasteiger partial charge in [0, 0.05) is 23.5 Å². The Kier molecular flexibility index (Phi) is 5.23. The van der Waals surface area contributed by atoms with Gasteiger partial charge in [-0.3, -0.25) is 0 Å². The minimum atomic E-state index is -0.279. The second-order valence-corrected chi connectivity index (χ2v) is 5.64. The number of halogens is 2. The third-order valence-electron chi connectivity index (χ3n) is 3.39. The lowest BCUT2D eigenvalue weighted by Crippen LogP contribution is -2.07. The number of nitrogens with zero attached hydrogens (tertiary/aromatic N) is 2. The van der Waals surface area contributed by atoms with Gasteiger partial charge < -0.3 is 10.6 Å². The highest BCUT2D eigenvalue weighted by Gasteiger charge is 2.01. The molecule has 0 spiro atoms. The van der Waals surface area contributed by atoms with E-state index in [1.165, 1.54) is 17.7 Å². The fourth-order valence-electron chi connectivity index (χ4n) is 2.17. The standard InChI is InChI=1S/C18H16ClFN4/c19-14-3-1-13(2-4-14)9-11-21-17-10-12-22-18(24-17)23-16-7-5-15(20)6-8-16/h1-8,10,12H,9,11H2,(H2,21,22,23,24). The summed E-state index contributed by atoms with van der Waals surface area (Å²) in [5.41, 5.74) is 1.93. The number of hydrogen-bond acceptors (Lipinski definition) is 4. The number of anilines is 3. The van der Waals surface area contributed by atoms with E-state index in [4.69, 9.17) is 11.6 Å². The maximum absolute atomic E-state index is 12.9. The number of hydrogen-bond donors (Lipinski definition) is 2. The molecule has 24 heavy (non-hydrogen) atoms. The SMILES string of the molecule is Fc1ccc(Nc2nccc(NCCc3ccc(Cl)cc3)n2)cc1. The van der Waals surface area contributed by atoms with Crippen molar-refractivity contribution in [3.05, 3.63) is 77.2 Å². The first kappa shape index (κ1) is 16.2. The molecule has 2 N–H and O–H groups in total. The molecule has 0 radical (unpaired) electrons. The van der Waals surface area contributed by atoms with Crippen molar-refractivity contribution in [2.24, 2.45) is 0 Å². The first-order chi connectivity index (χ1) is 11.7. The maximum Gasteiger partial charge on any atom is 0.229 e. The molecule has 1 heterocycles. The van der Waals surface area contributed by atoms with Gasteiger partial charge in [-0.25, -0.2) is 9.37 Å². The van der Waals surface area contributed by atoms with E-state index in [1.54, 1.807) is 24.4 Å². The predicted molar refractivity (Wildman–Crippen MR) is 95.4 cm³/mol. The van der Waals surface area contributed by atoms with Crippen LogP contribution >= 0.6 is 11.6 Å². The van der Waals surface area contributed by atoms with Gasteiger partial charge in [0.2, 0.25) is 5.95 Å². The predicted octanol–water partition coefficient (Wildman–Crippen LogP) is 4.67. The molecular formula is C18H16ClFN4. The summed E-state index contributed by atoms with van der Waals surface area (Å²) in [5, 5.41) is 7.04. The average Bonchev–Trinajstić information content (AvgIpc) is 2.59. The zero-order valence-corrected chi connectivity index (χ0v) is 13.6.